The number of anilines is 1. The van der Waals surface area contributed by atoms with Crippen molar-refractivity contribution >= 4 is 5.82 Å². The maximum Gasteiger partial charge on any atom is 0.332 e. The molecule has 0 saturated carbocycles. The quantitative estimate of drug-likeness (QED) is 0.842. The summed E-state index contributed by atoms with van der Waals surface area (Å²) in [5.74, 6) is 0.696. The largest absolute Gasteiger partial charge is 0.356 e. The Kier molecular flexibility index (Phi) is 4.22. The Morgan fingerprint density at radius 3 is 2.85 bits per heavy atom. The summed E-state index contributed by atoms with van der Waals surface area (Å²) in [6.07, 6.45) is 5.26. The summed E-state index contributed by atoms with van der Waals surface area (Å²) < 4.78 is 4.81. The van der Waals surface area contributed by atoms with Gasteiger partial charge in [0.2, 0.25) is 0 Å². The van der Waals surface area contributed by atoms with E-state index in [1.54, 1.807) is 17.7 Å². The Morgan fingerprint density at radius 1 is 1.23 bits per heavy atom. The molecular formula is C18H26N6O2. The molecule has 2 aromatic heterocycles. The number of aromatic nitrogens is 4. The number of nitrogens with zero attached hydrogens (tertiary/aromatic N) is 5. The molecule has 0 aromatic carbocycles. The van der Waals surface area contributed by atoms with E-state index in [0.717, 1.165) is 37.0 Å². The summed E-state index contributed by atoms with van der Waals surface area (Å²) in [6, 6.07) is 2.12. The molecule has 4 rings (SSSR count). The number of fused-ring (bicyclic) bond motifs is 1. The molecular weight excluding hydrogens is 332 g/mol. The maximum absolute atomic E-state index is 12.2. The number of hydrogen-bond acceptors (Lipinski definition) is 5. The summed E-state index contributed by atoms with van der Waals surface area (Å²) in [6.45, 7) is 4.83. The van der Waals surface area contributed by atoms with Crippen LogP contribution in [0.15, 0.2) is 21.9 Å². The van der Waals surface area contributed by atoms with Crippen molar-refractivity contribution in [3.05, 3.63) is 44.4 Å². The highest BCUT2D eigenvalue weighted by Crippen LogP contribution is 2.25. The minimum absolute atomic E-state index is 0.245. The highest BCUT2D eigenvalue weighted by atomic mass is 16.2. The zero-order chi connectivity index (χ0) is 18.4. The van der Waals surface area contributed by atoms with E-state index in [1.165, 1.54) is 24.7 Å². The van der Waals surface area contributed by atoms with Gasteiger partial charge in [-0.25, -0.2) is 4.79 Å². The van der Waals surface area contributed by atoms with Gasteiger partial charge in [-0.1, -0.05) is 0 Å². The maximum atomic E-state index is 12.2. The number of rotatable bonds is 4. The van der Waals surface area contributed by atoms with Crippen molar-refractivity contribution in [3.63, 3.8) is 0 Å². The van der Waals surface area contributed by atoms with Crippen molar-refractivity contribution < 1.29 is 0 Å². The molecule has 140 valence electrons. The highest BCUT2D eigenvalue weighted by Gasteiger charge is 2.28. The fraction of sp³-hybridized carbons (Fsp3) is 0.611. The summed E-state index contributed by atoms with van der Waals surface area (Å²) in [7, 11) is 3.23. The first-order valence-electron chi connectivity index (χ1n) is 9.28. The summed E-state index contributed by atoms with van der Waals surface area (Å²) in [5.41, 5.74) is 2.10. The van der Waals surface area contributed by atoms with Gasteiger partial charge in [0.05, 0.1) is 6.20 Å². The average Bonchev–Trinajstić information content (AvgIpc) is 3.32. The van der Waals surface area contributed by atoms with Crippen molar-refractivity contribution in [2.75, 3.05) is 18.0 Å². The Labute approximate surface area is 152 Å². The number of nitrogens with one attached hydrogen (secondary N) is 1. The molecule has 26 heavy (non-hydrogen) atoms. The predicted molar refractivity (Wildman–Crippen MR) is 99.6 cm³/mol. The molecule has 4 heterocycles. The van der Waals surface area contributed by atoms with E-state index < -0.39 is 0 Å². The van der Waals surface area contributed by atoms with Crippen LogP contribution in [0.4, 0.5) is 5.82 Å². The molecule has 2 atom stereocenters. The molecule has 0 spiro atoms. The van der Waals surface area contributed by atoms with Crippen LogP contribution < -0.4 is 21.5 Å². The lowest BCUT2D eigenvalue weighted by atomic mass is 10.1. The Morgan fingerprint density at radius 2 is 2.04 bits per heavy atom. The second-order valence-corrected chi connectivity index (χ2v) is 7.43. The molecule has 2 aliphatic heterocycles. The van der Waals surface area contributed by atoms with Crippen LogP contribution in [-0.4, -0.2) is 38.0 Å². The minimum Gasteiger partial charge on any atom is -0.356 e. The van der Waals surface area contributed by atoms with Gasteiger partial charge in [0.15, 0.2) is 0 Å². The third-order valence-corrected chi connectivity index (χ3v) is 5.73. The van der Waals surface area contributed by atoms with E-state index in [-0.39, 0.29) is 17.3 Å². The van der Waals surface area contributed by atoms with Gasteiger partial charge < -0.3 is 10.2 Å². The first-order valence-corrected chi connectivity index (χ1v) is 9.28. The summed E-state index contributed by atoms with van der Waals surface area (Å²) >= 11 is 0. The Balaban J connectivity index is 1.47. The topological polar surface area (TPSA) is 77.1 Å². The van der Waals surface area contributed by atoms with Crippen LogP contribution in [-0.2, 0) is 27.1 Å². The van der Waals surface area contributed by atoms with E-state index >= 15 is 0 Å². The second kappa shape index (κ2) is 6.42. The molecule has 8 heteroatoms. The van der Waals surface area contributed by atoms with Crippen molar-refractivity contribution in [3.8, 4) is 0 Å². The molecule has 1 unspecified atom stereocenters. The van der Waals surface area contributed by atoms with Crippen molar-refractivity contribution in [1.82, 2.24) is 24.2 Å². The molecule has 0 bridgehead atoms. The van der Waals surface area contributed by atoms with Crippen LogP contribution >= 0.6 is 0 Å². The van der Waals surface area contributed by atoms with E-state index in [2.05, 4.69) is 26.9 Å². The zero-order valence-electron chi connectivity index (χ0n) is 15.6. The Hall–Kier alpha value is -2.35. The van der Waals surface area contributed by atoms with Crippen LogP contribution in [0.3, 0.4) is 0 Å². The first-order chi connectivity index (χ1) is 12.5. The van der Waals surface area contributed by atoms with Gasteiger partial charge in [-0.3, -0.25) is 18.6 Å². The van der Waals surface area contributed by atoms with Gasteiger partial charge in [0, 0.05) is 63.1 Å². The Bertz CT molecular complexity index is 940. The lowest BCUT2D eigenvalue weighted by molar-refractivity contribution is 0.478. The van der Waals surface area contributed by atoms with Gasteiger partial charge in [0.25, 0.3) is 5.56 Å². The summed E-state index contributed by atoms with van der Waals surface area (Å²) in [4.78, 5) is 26.3. The van der Waals surface area contributed by atoms with Gasteiger partial charge in [-0.05, 0) is 26.2 Å². The molecule has 0 amide bonds. The van der Waals surface area contributed by atoms with Crippen molar-refractivity contribution in [2.24, 2.45) is 14.1 Å². The van der Waals surface area contributed by atoms with Crippen molar-refractivity contribution in [2.45, 2.75) is 44.8 Å². The smallest absolute Gasteiger partial charge is 0.332 e. The molecule has 1 N–H and O–H groups in total. The van der Waals surface area contributed by atoms with E-state index in [1.807, 2.05) is 6.20 Å². The monoisotopic (exact) mass is 358 g/mol. The molecule has 2 aliphatic rings. The van der Waals surface area contributed by atoms with Crippen molar-refractivity contribution in [1.29, 1.82) is 0 Å². The number of hydrogen-bond donors (Lipinski definition) is 1. The lowest BCUT2D eigenvalue weighted by Gasteiger charge is -2.23. The molecule has 0 aliphatic carbocycles. The van der Waals surface area contributed by atoms with E-state index in [9.17, 15) is 9.59 Å². The first kappa shape index (κ1) is 17.1. The van der Waals surface area contributed by atoms with Gasteiger partial charge in [-0.15, -0.1) is 0 Å². The zero-order valence-corrected chi connectivity index (χ0v) is 15.6. The van der Waals surface area contributed by atoms with Gasteiger partial charge in [-0.2, -0.15) is 5.10 Å². The normalized spacial score (nSPS) is 20.6. The predicted octanol–water partition coefficient (Wildman–Crippen LogP) is 0.156. The SMILES string of the molecule is CC(N[C@H]1CCN(c2cc(=O)n(C)c(=O)n2C)C1)c1cnn2c1CCC2. The van der Waals surface area contributed by atoms with Crippen LogP contribution in [0.5, 0.6) is 0 Å². The molecule has 8 nitrogen and oxygen atoms in total. The summed E-state index contributed by atoms with van der Waals surface area (Å²) in [5, 5.41) is 8.19. The average molecular weight is 358 g/mol. The van der Waals surface area contributed by atoms with Gasteiger partial charge >= 0.3 is 5.69 Å². The third-order valence-electron chi connectivity index (χ3n) is 5.73. The number of aryl methyl sites for hydroxylation is 1. The third kappa shape index (κ3) is 2.78. The fourth-order valence-electron chi connectivity index (χ4n) is 4.22. The van der Waals surface area contributed by atoms with Crippen LogP contribution in [0.1, 0.15) is 37.1 Å². The molecule has 1 fully saturated rings. The van der Waals surface area contributed by atoms with E-state index in [4.69, 9.17) is 0 Å². The lowest BCUT2D eigenvalue weighted by Crippen LogP contribution is -2.41. The second-order valence-electron chi connectivity index (χ2n) is 7.43. The van der Waals surface area contributed by atoms with Crippen LogP contribution in [0.2, 0.25) is 0 Å². The molecule has 0 radical (unpaired) electrons. The van der Waals surface area contributed by atoms with Crippen LogP contribution in [0.25, 0.3) is 0 Å². The van der Waals surface area contributed by atoms with E-state index in [0.29, 0.717) is 11.9 Å². The minimum atomic E-state index is -0.285. The van der Waals surface area contributed by atoms with Crippen LogP contribution in [0, 0.1) is 0 Å². The molecule has 1 saturated heterocycles. The molecule has 2 aromatic rings. The van der Waals surface area contributed by atoms with Gasteiger partial charge in [0.1, 0.15) is 5.82 Å². The highest BCUT2D eigenvalue weighted by molar-refractivity contribution is 5.40. The fourth-order valence-corrected chi connectivity index (χ4v) is 4.22. The standard InChI is InChI=1S/C18H26N6O2/c1-12(14-10-19-24-7-4-5-15(14)24)20-13-6-8-23(11-13)16-9-17(25)22(3)18(26)21(16)2/h9-10,12-13,20H,4-8,11H2,1-3H3/t12?,13-/m0/s1.